The first kappa shape index (κ1) is 15.4. The number of hydrogen-bond acceptors (Lipinski definition) is 4. The van der Waals surface area contributed by atoms with Crippen molar-refractivity contribution in [3.05, 3.63) is 24.3 Å². The molecule has 1 atom stereocenters. The van der Waals surface area contributed by atoms with Crippen LogP contribution in [0.4, 0.5) is 5.69 Å². The van der Waals surface area contributed by atoms with E-state index in [2.05, 4.69) is 17.1 Å². The minimum absolute atomic E-state index is 0.0459. The lowest BCUT2D eigenvalue weighted by Gasteiger charge is -2.22. The molecule has 1 saturated heterocycles. The van der Waals surface area contributed by atoms with Gasteiger partial charge in [-0.1, -0.05) is 13.0 Å². The van der Waals surface area contributed by atoms with Crippen LogP contribution in [-0.2, 0) is 4.79 Å². The largest absolute Gasteiger partial charge is 0.330 e. The van der Waals surface area contributed by atoms with Gasteiger partial charge in [-0.2, -0.15) is 0 Å². The number of amides is 1. The van der Waals surface area contributed by atoms with Crippen molar-refractivity contribution < 1.29 is 4.79 Å². The Morgan fingerprint density at radius 2 is 2.35 bits per heavy atom. The van der Waals surface area contributed by atoms with Crippen molar-refractivity contribution >= 4 is 23.4 Å². The fourth-order valence-corrected chi connectivity index (χ4v) is 2.99. The highest BCUT2D eigenvalue weighted by molar-refractivity contribution is 7.98. The third-order valence-electron chi connectivity index (χ3n) is 3.85. The lowest BCUT2D eigenvalue weighted by atomic mass is 9.90. The molecule has 1 aromatic carbocycles. The maximum absolute atomic E-state index is 12.1. The molecule has 2 rings (SSSR count). The highest BCUT2D eigenvalue weighted by atomic mass is 32.2. The predicted molar refractivity (Wildman–Crippen MR) is 85.1 cm³/mol. The number of likely N-dealkylation sites (tertiary alicyclic amines) is 1. The van der Waals surface area contributed by atoms with Gasteiger partial charge in [0.2, 0.25) is 5.91 Å². The summed E-state index contributed by atoms with van der Waals surface area (Å²) in [6.07, 6.45) is 3.09. The maximum Gasteiger partial charge on any atom is 0.238 e. The molecule has 4 nitrogen and oxygen atoms in total. The van der Waals surface area contributed by atoms with Crippen LogP contribution < -0.4 is 11.1 Å². The molecule has 3 N–H and O–H groups in total. The van der Waals surface area contributed by atoms with E-state index >= 15 is 0 Å². The summed E-state index contributed by atoms with van der Waals surface area (Å²) in [7, 11) is 0. The molecule has 0 aliphatic carbocycles. The van der Waals surface area contributed by atoms with Crippen molar-refractivity contribution in [2.45, 2.75) is 18.2 Å². The summed E-state index contributed by atoms with van der Waals surface area (Å²) < 4.78 is 0. The van der Waals surface area contributed by atoms with E-state index in [-0.39, 0.29) is 11.3 Å². The second kappa shape index (κ2) is 6.61. The number of carbonyl (C=O) groups excluding carboxylic acids is 1. The molecular weight excluding hydrogens is 270 g/mol. The van der Waals surface area contributed by atoms with Crippen LogP contribution in [0.25, 0.3) is 0 Å². The standard InChI is InChI=1S/C15H23N3OS/c1-15(10-16)6-7-18(11-15)9-14(19)17-12-4-3-5-13(8-12)20-2/h3-5,8H,6-7,9-11,16H2,1-2H3,(H,17,19). The first-order chi connectivity index (χ1) is 9.54. The molecule has 1 fully saturated rings. The molecule has 1 aliphatic heterocycles. The lowest BCUT2D eigenvalue weighted by molar-refractivity contribution is -0.117. The molecule has 20 heavy (non-hydrogen) atoms. The van der Waals surface area contributed by atoms with E-state index in [1.54, 1.807) is 11.8 Å². The Morgan fingerprint density at radius 1 is 1.55 bits per heavy atom. The molecule has 0 spiro atoms. The number of nitrogens with two attached hydrogens (primary N) is 1. The van der Waals surface area contributed by atoms with Gasteiger partial charge in [-0.3, -0.25) is 9.69 Å². The van der Waals surface area contributed by atoms with Crippen molar-refractivity contribution in [1.82, 2.24) is 4.90 Å². The zero-order chi connectivity index (χ0) is 14.6. The summed E-state index contributed by atoms with van der Waals surface area (Å²) in [6, 6.07) is 7.92. The van der Waals surface area contributed by atoms with E-state index < -0.39 is 0 Å². The topological polar surface area (TPSA) is 58.4 Å². The molecule has 0 saturated carbocycles. The van der Waals surface area contributed by atoms with Gasteiger partial charge in [-0.05, 0) is 49.4 Å². The third kappa shape index (κ3) is 3.98. The highest BCUT2D eigenvalue weighted by Gasteiger charge is 2.33. The lowest BCUT2D eigenvalue weighted by Crippen LogP contribution is -2.35. The zero-order valence-corrected chi connectivity index (χ0v) is 13.0. The van der Waals surface area contributed by atoms with Crippen LogP contribution in [-0.4, -0.2) is 43.2 Å². The SMILES string of the molecule is CSc1cccc(NC(=O)CN2CCC(C)(CN)C2)c1. The van der Waals surface area contributed by atoms with Crippen LogP contribution in [0.15, 0.2) is 29.2 Å². The number of nitrogens with zero attached hydrogens (tertiary/aromatic N) is 1. The third-order valence-corrected chi connectivity index (χ3v) is 4.58. The minimum Gasteiger partial charge on any atom is -0.330 e. The summed E-state index contributed by atoms with van der Waals surface area (Å²) in [6.45, 7) is 5.17. The number of hydrogen-bond donors (Lipinski definition) is 2. The molecule has 1 aliphatic rings. The zero-order valence-electron chi connectivity index (χ0n) is 12.2. The van der Waals surface area contributed by atoms with Gasteiger partial charge < -0.3 is 11.1 Å². The summed E-state index contributed by atoms with van der Waals surface area (Å²) >= 11 is 1.67. The van der Waals surface area contributed by atoms with Gasteiger partial charge >= 0.3 is 0 Å². The van der Waals surface area contributed by atoms with Crippen LogP contribution in [0, 0.1) is 5.41 Å². The van der Waals surface area contributed by atoms with Gasteiger partial charge in [-0.15, -0.1) is 11.8 Å². The number of carbonyl (C=O) groups is 1. The number of benzene rings is 1. The Hall–Kier alpha value is -1.04. The first-order valence-corrected chi connectivity index (χ1v) is 8.13. The molecule has 0 bridgehead atoms. The maximum atomic E-state index is 12.1. The van der Waals surface area contributed by atoms with E-state index in [1.807, 2.05) is 30.5 Å². The normalized spacial score (nSPS) is 22.9. The molecule has 110 valence electrons. The quantitative estimate of drug-likeness (QED) is 0.816. The van der Waals surface area contributed by atoms with E-state index in [4.69, 9.17) is 5.73 Å². The van der Waals surface area contributed by atoms with Gasteiger partial charge in [0.15, 0.2) is 0 Å². The summed E-state index contributed by atoms with van der Waals surface area (Å²) in [4.78, 5) is 15.4. The van der Waals surface area contributed by atoms with E-state index in [0.717, 1.165) is 30.1 Å². The summed E-state index contributed by atoms with van der Waals surface area (Å²) in [5.74, 6) is 0.0459. The molecule has 1 heterocycles. The highest BCUT2D eigenvalue weighted by Crippen LogP contribution is 2.28. The molecule has 5 heteroatoms. The monoisotopic (exact) mass is 293 g/mol. The van der Waals surface area contributed by atoms with Crippen LogP contribution in [0.3, 0.4) is 0 Å². The van der Waals surface area contributed by atoms with E-state index in [9.17, 15) is 4.79 Å². The average molecular weight is 293 g/mol. The van der Waals surface area contributed by atoms with Gasteiger partial charge in [-0.25, -0.2) is 0 Å². The Morgan fingerprint density at radius 3 is 3.00 bits per heavy atom. The Balaban J connectivity index is 1.87. The van der Waals surface area contributed by atoms with Crippen LogP contribution in [0.1, 0.15) is 13.3 Å². The van der Waals surface area contributed by atoms with Crippen molar-refractivity contribution in [3.8, 4) is 0 Å². The van der Waals surface area contributed by atoms with Crippen molar-refractivity contribution in [2.75, 3.05) is 37.8 Å². The minimum atomic E-state index is 0.0459. The molecular formula is C15H23N3OS. The van der Waals surface area contributed by atoms with Gasteiger partial charge in [0.1, 0.15) is 0 Å². The molecule has 0 aromatic heterocycles. The predicted octanol–water partition coefficient (Wildman–Crippen LogP) is 2.02. The smallest absolute Gasteiger partial charge is 0.238 e. The number of nitrogens with one attached hydrogen (secondary N) is 1. The Labute approximate surface area is 125 Å². The molecule has 1 unspecified atom stereocenters. The van der Waals surface area contributed by atoms with Gasteiger partial charge in [0.25, 0.3) is 0 Å². The first-order valence-electron chi connectivity index (χ1n) is 6.91. The number of rotatable bonds is 5. The fourth-order valence-electron chi connectivity index (χ4n) is 2.53. The van der Waals surface area contributed by atoms with Gasteiger partial charge in [0.05, 0.1) is 6.54 Å². The molecule has 1 amide bonds. The van der Waals surface area contributed by atoms with Crippen LogP contribution in [0.5, 0.6) is 0 Å². The van der Waals surface area contributed by atoms with Crippen molar-refractivity contribution in [2.24, 2.45) is 11.1 Å². The van der Waals surface area contributed by atoms with Crippen LogP contribution in [0.2, 0.25) is 0 Å². The fraction of sp³-hybridized carbons (Fsp3) is 0.533. The molecule has 0 radical (unpaired) electrons. The average Bonchev–Trinajstić information content (AvgIpc) is 2.81. The second-order valence-corrected chi connectivity index (χ2v) is 6.64. The Kier molecular flexibility index (Phi) is 5.07. The number of thioether (sulfide) groups is 1. The summed E-state index contributed by atoms with van der Waals surface area (Å²) in [5, 5.41) is 2.96. The Bertz CT molecular complexity index is 480. The van der Waals surface area contributed by atoms with Crippen molar-refractivity contribution in [3.63, 3.8) is 0 Å². The van der Waals surface area contributed by atoms with E-state index in [0.29, 0.717) is 13.1 Å². The second-order valence-electron chi connectivity index (χ2n) is 5.76. The van der Waals surface area contributed by atoms with E-state index in [1.165, 1.54) is 0 Å². The molecule has 1 aromatic rings. The number of anilines is 1. The van der Waals surface area contributed by atoms with Crippen molar-refractivity contribution in [1.29, 1.82) is 0 Å². The van der Waals surface area contributed by atoms with Crippen LogP contribution >= 0.6 is 11.8 Å². The summed E-state index contributed by atoms with van der Waals surface area (Å²) in [5.41, 5.74) is 6.82. The van der Waals surface area contributed by atoms with Gasteiger partial charge in [0, 0.05) is 17.1 Å².